The lowest BCUT2D eigenvalue weighted by Gasteiger charge is -2.16. The number of hydrogen-bond acceptors (Lipinski definition) is 4. The van der Waals surface area contributed by atoms with Crippen LogP contribution in [0.25, 0.3) is 0 Å². The van der Waals surface area contributed by atoms with E-state index < -0.39 is 22.1 Å². The Hall–Kier alpha value is -1.28. The fourth-order valence-electron chi connectivity index (χ4n) is 1.43. The van der Waals surface area contributed by atoms with Crippen molar-refractivity contribution in [3.63, 3.8) is 0 Å². The molecule has 0 radical (unpaired) electrons. The first-order chi connectivity index (χ1) is 8.37. The van der Waals surface area contributed by atoms with E-state index in [9.17, 15) is 12.8 Å². The fraction of sp³-hybridized carbons (Fsp3) is 0.200. The van der Waals surface area contributed by atoms with Crippen LogP contribution in [0, 0.1) is 5.82 Å². The molecule has 5 nitrogen and oxygen atoms in total. The Morgan fingerprint density at radius 3 is 2.50 bits per heavy atom. The second-order valence-corrected chi connectivity index (χ2v) is 6.21. The van der Waals surface area contributed by atoms with E-state index in [0.29, 0.717) is 5.56 Å². The first-order valence-corrected chi connectivity index (χ1v) is 7.48. The van der Waals surface area contributed by atoms with Crippen molar-refractivity contribution in [1.29, 1.82) is 0 Å². The summed E-state index contributed by atoms with van der Waals surface area (Å²) < 4.78 is 48.5. The molecular weight excluding hydrogens is 329 g/mol. The van der Waals surface area contributed by atoms with Gasteiger partial charge in [-0.05, 0) is 28.1 Å². The average Bonchev–Trinajstić information content (AvgIpc) is 2.74. The zero-order chi connectivity index (χ0) is 13.3. The number of sulfonamides is 1. The van der Waals surface area contributed by atoms with Crippen molar-refractivity contribution < 1.29 is 22.3 Å². The van der Waals surface area contributed by atoms with Gasteiger partial charge in [-0.1, -0.05) is 0 Å². The summed E-state index contributed by atoms with van der Waals surface area (Å²) in [6.07, 6.45) is 2.83. The van der Waals surface area contributed by atoms with Crippen molar-refractivity contribution in [1.82, 2.24) is 0 Å². The van der Waals surface area contributed by atoms with Gasteiger partial charge in [0.1, 0.15) is 18.3 Å². The molecule has 1 N–H and O–H groups in total. The third kappa shape index (κ3) is 2.94. The van der Waals surface area contributed by atoms with Gasteiger partial charge in [0.2, 0.25) is 10.0 Å². The summed E-state index contributed by atoms with van der Waals surface area (Å²) in [7, 11) is -3.52. The second kappa shape index (κ2) is 4.77. The molecule has 98 valence electrons. The monoisotopic (exact) mass is 337 g/mol. The molecule has 1 heterocycles. The predicted molar refractivity (Wildman–Crippen MR) is 66.6 cm³/mol. The molecule has 1 aliphatic heterocycles. The predicted octanol–water partition coefficient (Wildman–Crippen LogP) is 2.48. The van der Waals surface area contributed by atoms with Crippen LogP contribution in [0.4, 0.5) is 10.1 Å². The van der Waals surface area contributed by atoms with Crippen LogP contribution in [-0.2, 0) is 19.5 Å². The Balaban J connectivity index is 2.45. The molecule has 0 aliphatic carbocycles. The molecule has 18 heavy (non-hydrogen) atoms. The van der Waals surface area contributed by atoms with Crippen molar-refractivity contribution >= 4 is 31.6 Å². The van der Waals surface area contributed by atoms with Crippen LogP contribution in [0.15, 0.2) is 29.1 Å². The Morgan fingerprint density at radius 2 is 1.94 bits per heavy atom. The highest BCUT2D eigenvalue weighted by Crippen LogP contribution is 2.34. The van der Waals surface area contributed by atoms with Gasteiger partial charge in [-0.3, -0.25) is 4.72 Å². The molecule has 0 aromatic heterocycles. The van der Waals surface area contributed by atoms with Crippen LogP contribution < -0.4 is 4.72 Å². The minimum absolute atomic E-state index is 0.0758. The Labute approximate surface area is 112 Å². The molecule has 0 fully saturated rings. The number of nitrogens with one attached hydrogen (secondary N) is 1. The first kappa shape index (κ1) is 13.2. The number of ether oxygens (including phenoxy) is 2. The fourth-order valence-corrected chi connectivity index (χ4v) is 2.37. The van der Waals surface area contributed by atoms with Crippen molar-refractivity contribution in [2.24, 2.45) is 0 Å². The molecule has 0 bridgehead atoms. The van der Waals surface area contributed by atoms with E-state index >= 15 is 0 Å². The molecule has 0 saturated heterocycles. The molecule has 1 aromatic carbocycles. The van der Waals surface area contributed by atoms with Gasteiger partial charge in [0, 0.05) is 0 Å². The molecule has 8 heteroatoms. The van der Waals surface area contributed by atoms with E-state index in [4.69, 9.17) is 9.47 Å². The number of benzene rings is 1. The van der Waals surface area contributed by atoms with Crippen molar-refractivity contribution in [2.75, 3.05) is 11.0 Å². The molecule has 1 aromatic rings. The molecule has 1 aliphatic rings. The molecular formula is C10H9BrFNO4S. The van der Waals surface area contributed by atoms with E-state index in [0.717, 1.165) is 12.3 Å². The summed E-state index contributed by atoms with van der Waals surface area (Å²) in [5.41, 5.74) is 0.450. The van der Waals surface area contributed by atoms with Gasteiger partial charge in [-0.2, -0.15) is 0 Å². The van der Waals surface area contributed by atoms with Gasteiger partial charge >= 0.3 is 0 Å². The van der Waals surface area contributed by atoms with Gasteiger partial charge in [0.05, 0.1) is 22.0 Å². The normalized spacial score (nSPS) is 15.3. The topological polar surface area (TPSA) is 64.6 Å². The van der Waals surface area contributed by atoms with Crippen LogP contribution in [0.1, 0.15) is 11.9 Å². The lowest BCUT2D eigenvalue weighted by Crippen LogP contribution is -2.13. The Morgan fingerprint density at radius 1 is 1.33 bits per heavy atom. The first-order valence-electron chi connectivity index (χ1n) is 4.79. The van der Waals surface area contributed by atoms with E-state index in [2.05, 4.69) is 20.7 Å². The maximum atomic E-state index is 13.4. The number of hydrogen-bond donors (Lipinski definition) is 1. The standard InChI is InChI=1S/C10H9BrFNO4S/c1-18(14,15)13-9-5-8(12)7(11)4-6(9)10-16-2-3-17-10/h2-5,10,13H,1H3. The third-order valence-electron chi connectivity index (χ3n) is 2.10. The van der Waals surface area contributed by atoms with Crippen LogP contribution in [0.3, 0.4) is 0 Å². The quantitative estimate of drug-likeness (QED) is 0.920. The summed E-state index contributed by atoms with van der Waals surface area (Å²) in [4.78, 5) is 0. The van der Waals surface area contributed by atoms with Crippen LogP contribution >= 0.6 is 15.9 Å². The van der Waals surface area contributed by atoms with Gasteiger partial charge in [-0.15, -0.1) is 0 Å². The van der Waals surface area contributed by atoms with Crippen LogP contribution in [0.5, 0.6) is 0 Å². The van der Waals surface area contributed by atoms with Crippen molar-refractivity contribution in [2.45, 2.75) is 6.29 Å². The Bertz CT molecular complexity index is 594. The molecule has 0 atom stereocenters. The summed E-state index contributed by atoms with van der Waals surface area (Å²) in [6, 6.07) is 2.46. The molecule has 2 rings (SSSR count). The lowest BCUT2D eigenvalue weighted by molar-refractivity contribution is -0.0240. The molecule has 0 unspecified atom stereocenters. The minimum atomic E-state index is -3.52. The number of rotatable bonds is 3. The van der Waals surface area contributed by atoms with Gasteiger partial charge < -0.3 is 9.47 Å². The van der Waals surface area contributed by atoms with Gasteiger partial charge in [0.15, 0.2) is 0 Å². The SMILES string of the molecule is CS(=O)(=O)Nc1cc(F)c(Br)cc1C1OC=CO1. The van der Waals surface area contributed by atoms with E-state index in [1.54, 1.807) is 0 Å². The van der Waals surface area contributed by atoms with Crippen LogP contribution in [0.2, 0.25) is 0 Å². The van der Waals surface area contributed by atoms with Gasteiger partial charge in [-0.25, -0.2) is 12.8 Å². The van der Waals surface area contributed by atoms with Crippen molar-refractivity contribution in [3.05, 3.63) is 40.5 Å². The highest BCUT2D eigenvalue weighted by Gasteiger charge is 2.23. The van der Waals surface area contributed by atoms with E-state index in [1.807, 2.05) is 0 Å². The van der Waals surface area contributed by atoms with Crippen LogP contribution in [-0.4, -0.2) is 14.7 Å². The molecule has 0 saturated carbocycles. The summed E-state index contributed by atoms with van der Waals surface area (Å²) in [5, 5.41) is 0. The van der Waals surface area contributed by atoms with Crippen molar-refractivity contribution in [3.8, 4) is 0 Å². The number of anilines is 1. The van der Waals surface area contributed by atoms with Gasteiger partial charge in [0.25, 0.3) is 6.29 Å². The summed E-state index contributed by atoms with van der Waals surface area (Å²) >= 11 is 3.02. The molecule has 0 amide bonds. The zero-order valence-corrected chi connectivity index (χ0v) is 11.6. The minimum Gasteiger partial charge on any atom is -0.455 e. The van der Waals surface area contributed by atoms with E-state index in [-0.39, 0.29) is 10.2 Å². The average molecular weight is 338 g/mol. The largest absolute Gasteiger partial charge is 0.455 e. The number of halogens is 2. The summed E-state index contributed by atoms with van der Waals surface area (Å²) in [6.45, 7) is 0. The maximum absolute atomic E-state index is 13.4. The summed E-state index contributed by atoms with van der Waals surface area (Å²) in [5.74, 6) is -0.587. The maximum Gasteiger partial charge on any atom is 0.268 e. The third-order valence-corrected chi connectivity index (χ3v) is 3.30. The second-order valence-electron chi connectivity index (χ2n) is 3.60. The van der Waals surface area contributed by atoms with E-state index in [1.165, 1.54) is 18.6 Å². The molecule has 0 spiro atoms. The smallest absolute Gasteiger partial charge is 0.268 e. The highest BCUT2D eigenvalue weighted by atomic mass is 79.9. The Kier molecular flexibility index (Phi) is 3.49. The zero-order valence-electron chi connectivity index (χ0n) is 9.18. The lowest BCUT2D eigenvalue weighted by atomic mass is 10.1. The highest BCUT2D eigenvalue weighted by molar-refractivity contribution is 9.10.